The third kappa shape index (κ3) is 5.01. The molecule has 0 N–H and O–H groups in total. The number of ether oxygens (including phenoxy) is 1. The molecule has 1 unspecified atom stereocenters. The maximum atomic E-state index is 12.5. The van der Waals surface area contributed by atoms with Gasteiger partial charge in [-0.05, 0) is 12.3 Å². The van der Waals surface area contributed by atoms with Gasteiger partial charge in [0, 0.05) is 51.0 Å². The first kappa shape index (κ1) is 18.3. The average Bonchev–Trinajstić information content (AvgIpc) is 3.22. The number of morpholine rings is 1. The van der Waals surface area contributed by atoms with Crippen molar-refractivity contribution in [2.24, 2.45) is 5.92 Å². The molecule has 140 valence electrons. The third-order valence-electron chi connectivity index (χ3n) is 4.95. The lowest BCUT2D eigenvalue weighted by Crippen LogP contribution is -2.40. The van der Waals surface area contributed by atoms with Gasteiger partial charge in [-0.2, -0.15) is 4.98 Å². The normalized spacial score (nSPS) is 22.5. The van der Waals surface area contributed by atoms with E-state index in [4.69, 9.17) is 9.26 Å². The lowest BCUT2D eigenvalue weighted by molar-refractivity contribution is -0.130. The minimum atomic E-state index is -0.132. The molecule has 1 atom stereocenters. The van der Waals surface area contributed by atoms with Gasteiger partial charge in [0.05, 0.1) is 13.2 Å². The molecular weight excluding hydrogens is 320 g/mol. The van der Waals surface area contributed by atoms with Crippen LogP contribution in [-0.2, 0) is 21.4 Å². The lowest BCUT2D eigenvalue weighted by Gasteiger charge is -2.29. The zero-order valence-corrected chi connectivity index (χ0v) is 15.7. The van der Waals surface area contributed by atoms with Gasteiger partial charge in [0.2, 0.25) is 11.8 Å². The number of hydrogen-bond acceptors (Lipinski definition) is 6. The highest BCUT2D eigenvalue weighted by molar-refractivity contribution is 5.76. The molecule has 3 rings (SSSR count). The van der Waals surface area contributed by atoms with E-state index in [1.54, 1.807) is 0 Å². The zero-order chi connectivity index (χ0) is 17.9. The van der Waals surface area contributed by atoms with Crippen molar-refractivity contribution in [1.82, 2.24) is 19.9 Å². The van der Waals surface area contributed by atoms with Crippen molar-refractivity contribution >= 4 is 5.91 Å². The fourth-order valence-corrected chi connectivity index (χ4v) is 3.39. The van der Waals surface area contributed by atoms with Crippen LogP contribution < -0.4 is 0 Å². The Balaban J connectivity index is 1.42. The first-order chi connectivity index (χ1) is 11.9. The number of nitrogens with zero attached hydrogens (tertiary/aromatic N) is 4. The summed E-state index contributed by atoms with van der Waals surface area (Å²) in [6.45, 7) is 12.6. The molecule has 1 aromatic heterocycles. The van der Waals surface area contributed by atoms with Crippen LogP contribution >= 0.6 is 0 Å². The van der Waals surface area contributed by atoms with Crippen molar-refractivity contribution in [2.75, 3.05) is 45.9 Å². The Kier molecular flexibility index (Phi) is 5.74. The van der Waals surface area contributed by atoms with Crippen molar-refractivity contribution in [2.45, 2.75) is 45.4 Å². The fourth-order valence-electron chi connectivity index (χ4n) is 3.39. The Morgan fingerprint density at radius 3 is 2.68 bits per heavy atom. The standard InChI is InChI=1S/C18H30N4O3/c1-18(2,3)17-19-15(25-20-17)4-5-16(23)22-7-6-14(13-22)12-21-8-10-24-11-9-21/h14H,4-13H2,1-3H3. The molecular formula is C18H30N4O3. The lowest BCUT2D eigenvalue weighted by atomic mass is 9.96. The summed E-state index contributed by atoms with van der Waals surface area (Å²) < 4.78 is 10.7. The summed E-state index contributed by atoms with van der Waals surface area (Å²) in [6.07, 6.45) is 2.06. The summed E-state index contributed by atoms with van der Waals surface area (Å²) in [5, 5.41) is 4.01. The number of aryl methyl sites for hydroxylation is 1. The van der Waals surface area contributed by atoms with Crippen molar-refractivity contribution < 1.29 is 14.1 Å². The summed E-state index contributed by atoms with van der Waals surface area (Å²) in [7, 11) is 0. The van der Waals surface area contributed by atoms with E-state index in [-0.39, 0.29) is 11.3 Å². The van der Waals surface area contributed by atoms with Gasteiger partial charge in [-0.25, -0.2) is 0 Å². The molecule has 2 aliphatic heterocycles. The highest BCUT2D eigenvalue weighted by atomic mass is 16.5. The van der Waals surface area contributed by atoms with E-state index in [1.165, 1.54) is 0 Å². The monoisotopic (exact) mass is 350 g/mol. The van der Waals surface area contributed by atoms with Crippen LogP contribution in [-0.4, -0.2) is 71.8 Å². The molecule has 0 spiro atoms. The van der Waals surface area contributed by atoms with E-state index in [0.29, 0.717) is 30.5 Å². The number of carbonyl (C=O) groups excluding carboxylic acids is 1. The van der Waals surface area contributed by atoms with Crippen LogP contribution in [0.4, 0.5) is 0 Å². The SMILES string of the molecule is CC(C)(C)c1noc(CCC(=O)N2CCC(CN3CCOCC3)C2)n1. The fraction of sp³-hybridized carbons (Fsp3) is 0.833. The largest absolute Gasteiger partial charge is 0.379 e. The van der Waals surface area contributed by atoms with Crippen LogP contribution in [0, 0.1) is 5.92 Å². The van der Waals surface area contributed by atoms with Gasteiger partial charge < -0.3 is 14.2 Å². The van der Waals surface area contributed by atoms with E-state index >= 15 is 0 Å². The predicted molar refractivity (Wildman–Crippen MR) is 93.3 cm³/mol. The number of hydrogen-bond donors (Lipinski definition) is 0. The van der Waals surface area contributed by atoms with Crippen LogP contribution in [0.5, 0.6) is 0 Å². The van der Waals surface area contributed by atoms with Crippen LogP contribution in [0.3, 0.4) is 0 Å². The smallest absolute Gasteiger partial charge is 0.227 e. The summed E-state index contributed by atoms with van der Waals surface area (Å²) in [5.41, 5.74) is -0.132. The van der Waals surface area contributed by atoms with E-state index in [0.717, 1.165) is 52.4 Å². The highest BCUT2D eigenvalue weighted by Crippen LogP contribution is 2.21. The second kappa shape index (κ2) is 7.83. The van der Waals surface area contributed by atoms with Crippen molar-refractivity contribution in [1.29, 1.82) is 0 Å². The Morgan fingerprint density at radius 2 is 2.00 bits per heavy atom. The van der Waals surface area contributed by atoms with Gasteiger partial charge in [-0.3, -0.25) is 9.69 Å². The minimum Gasteiger partial charge on any atom is -0.379 e. The molecule has 7 heteroatoms. The van der Waals surface area contributed by atoms with Crippen LogP contribution in [0.1, 0.15) is 45.3 Å². The van der Waals surface area contributed by atoms with Gasteiger partial charge in [-0.15, -0.1) is 0 Å². The molecule has 2 fully saturated rings. The number of carbonyl (C=O) groups is 1. The van der Waals surface area contributed by atoms with Crippen molar-refractivity contribution in [3.63, 3.8) is 0 Å². The topological polar surface area (TPSA) is 71.7 Å². The quantitative estimate of drug-likeness (QED) is 0.801. The van der Waals surface area contributed by atoms with Gasteiger partial charge in [0.15, 0.2) is 5.82 Å². The highest BCUT2D eigenvalue weighted by Gasteiger charge is 2.28. The second-order valence-electron chi connectivity index (χ2n) is 8.17. The molecule has 0 bridgehead atoms. The van der Waals surface area contributed by atoms with E-state index in [9.17, 15) is 4.79 Å². The van der Waals surface area contributed by atoms with Gasteiger partial charge >= 0.3 is 0 Å². The molecule has 0 radical (unpaired) electrons. The van der Waals surface area contributed by atoms with E-state index < -0.39 is 0 Å². The van der Waals surface area contributed by atoms with Crippen LogP contribution in [0.2, 0.25) is 0 Å². The van der Waals surface area contributed by atoms with Crippen molar-refractivity contribution in [3.05, 3.63) is 11.7 Å². The second-order valence-corrected chi connectivity index (χ2v) is 8.17. The predicted octanol–water partition coefficient (Wildman–Crippen LogP) is 1.48. The molecule has 1 amide bonds. The Morgan fingerprint density at radius 1 is 1.24 bits per heavy atom. The Hall–Kier alpha value is -1.47. The minimum absolute atomic E-state index is 0.132. The third-order valence-corrected chi connectivity index (χ3v) is 4.95. The van der Waals surface area contributed by atoms with Crippen LogP contribution in [0.25, 0.3) is 0 Å². The van der Waals surface area contributed by atoms with Gasteiger partial charge in [-0.1, -0.05) is 25.9 Å². The number of amides is 1. The summed E-state index contributed by atoms with van der Waals surface area (Å²) in [4.78, 5) is 21.3. The molecule has 0 aromatic carbocycles. The molecule has 7 nitrogen and oxygen atoms in total. The summed E-state index contributed by atoms with van der Waals surface area (Å²) in [5.74, 6) is 2.03. The Bertz CT molecular complexity index is 575. The molecule has 0 aliphatic carbocycles. The molecule has 1 aromatic rings. The van der Waals surface area contributed by atoms with E-state index in [2.05, 4.69) is 15.0 Å². The summed E-state index contributed by atoms with van der Waals surface area (Å²) in [6, 6.07) is 0. The maximum absolute atomic E-state index is 12.5. The zero-order valence-electron chi connectivity index (χ0n) is 15.7. The van der Waals surface area contributed by atoms with E-state index in [1.807, 2.05) is 25.7 Å². The first-order valence-corrected chi connectivity index (χ1v) is 9.33. The number of rotatable bonds is 5. The average molecular weight is 350 g/mol. The molecule has 3 heterocycles. The van der Waals surface area contributed by atoms with Crippen molar-refractivity contribution in [3.8, 4) is 0 Å². The molecule has 25 heavy (non-hydrogen) atoms. The summed E-state index contributed by atoms with van der Waals surface area (Å²) >= 11 is 0. The number of aromatic nitrogens is 2. The first-order valence-electron chi connectivity index (χ1n) is 9.33. The van der Waals surface area contributed by atoms with Crippen LogP contribution in [0.15, 0.2) is 4.52 Å². The molecule has 2 aliphatic rings. The maximum Gasteiger partial charge on any atom is 0.227 e. The van der Waals surface area contributed by atoms with Gasteiger partial charge in [0.25, 0.3) is 0 Å². The molecule has 2 saturated heterocycles. The molecule has 0 saturated carbocycles. The van der Waals surface area contributed by atoms with Gasteiger partial charge in [0.1, 0.15) is 0 Å². The Labute approximate surface area is 149 Å². The number of likely N-dealkylation sites (tertiary alicyclic amines) is 1.